The highest BCUT2D eigenvalue weighted by Crippen LogP contribution is 2.45. The van der Waals surface area contributed by atoms with E-state index in [1.54, 1.807) is 55.7 Å². The molecular weight excluding hydrogens is 475 g/mol. The second kappa shape index (κ2) is 9.05. The van der Waals surface area contributed by atoms with Gasteiger partial charge in [-0.1, -0.05) is 6.08 Å². The molecule has 1 atom stereocenters. The van der Waals surface area contributed by atoms with Crippen molar-refractivity contribution >= 4 is 36.0 Å². The fourth-order valence-electron chi connectivity index (χ4n) is 4.65. The molecule has 3 aromatic rings. The van der Waals surface area contributed by atoms with Crippen LogP contribution >= 0.6 is 7.82 Å². The summed E-state index contributed by atoms with van der Waals surface area (Å²) in [7, 11) is -4.74. The predicted molar refractivity (Wildman–Crippen MR) is 130 cm³/mol. The highest BCUT2D eigenvalue weighted by Gasteiger charge is 2.37. The summed E-state index contributed by atoms with van der Waals surface area (Å²) in [5.74, 6) is -0.969. The van der Waals surface area contributed by atoms with Crippen LogP contribution in [-0.4, -0.2) is 44.0 Å². The summed E-state index contributed by atoms with van der Waals surface area (Å²) in [5, 5.41) is 9.98. The van der Waals surface area contributed by atoms with Gasteiger partial charge in [0.2, 0.25) is 0 Å². The van der Waals surface area contributed by atoms with Gasteiger partial charge in [0.25, 0.3) is 0 Å². The van der Waals surface area contributed by atoms with Gasteiger partial charge in [0, 0.05) is 41.1 Å². The van der Waals surface area contributed by atoms with Crippen molar-refractivity contribution in [3.63, 3.8) is 0 Å². The van der Waals surface area contributed by atoms with E-state index in [9.17, 15) is 29.0 Å². The molecule has 0 aliphatic carbocycles. The Morgan fingerprint density at radius 3 is 2.49 bits per heavy atom. The molecule has 4 rings (SSSR count). The number of phosphoric acid groups is 1. The maximum Gasteiger partial charge on any atom is 0.469 e. The fourth-order valence-corrected chi connectivity index (χ4v) is 4.96. The van der Waals surface area contributed by atoms with E-state index in [2.05, 4.69) is 4.98 Å². The van der Waals surface area contributed by atoms with Crippen LogP contribution in [0, 0.1) is 0 Å². The summed E-state index contributed by atoms with van der Waals surface area (Å²) in [4.78, 5) is 48.6. The standard InChI is InChI=1S/C24H25N2O8P/c1-14(8-22(27)28)26-20-11-21-16(10-19(23(29)34-21)15-4-6-25-7-5-15)9-18(20)17(12-24(26,2)3)13-33-35(30,31)32/h4-7,9-12,14H,8,13H2,1-3H3,(H,27,28)(H2,30,31,32). The molecule has 0 radical (unpaired) electrons. The number of carboxylic acids is 1. The Hall–Kier alpha value is -3.30. The molecule has 3 heterocycles. The summed E-state index contributed by atoms with van der Waals surface area (Å²) in [5.41, 5.74) is 1.68. The van der Waals surface area contributed by atoms with Crippen molar-refractivity contribution in [3.05, 3.63) is 64.8 Å². The van der Waals surface area contributed by atoms with Gasteiger partial charge in [-0.2, -0.15) is 0 Å². The van der Waals surface area contributed by atoms with Gasteiger partial charge in [-0.15, -0.1) is 0 Å². The highest BCUT2D eigenvalue weighted by molar-refractivity contribution is 7.46. The van der Waals surface area contributed by atoms with Gasteiger partial charge in [0.05, 0.1) is 24.1 Å². The number of fused-ring (bicyclic) bond motifs is 2. The normalized spacial score (nSPS) is 16.0. The van der Waals surface area contributed by atoms with Crippen LogP contribution in [0.2, 0.25) is 0 Å². The minimum Gasteiger partial charge on any atom is -0.481 e. The molecule has 35 heavy (non-hydrogen) atoms. The van der Waals surface area contributed by atoms with Crippen molar-refractivity contribution in [2.75, 3.05) is 11.5 Å². The topological polar surface area (TPSA) is 150 Å². The zero-order valence-electron chi connectivity index (χ0n) is 19.3. The van der Waals surface area contributed by atoms with E-state index in [-0.39, 0.29) is 13.0 Å². The number of pyridine rings is 1. The SMILES string of the molecule is CC(CC(=O)O)N1c2cc3oc(=O)c(-c4ccncc4)cc3cc2C(COP(=O)(O)O)=CC1(C)C. The van der Waals surface area contributed by atoms with E-state index in [0.717, 1.165) is 0 Å². The molecule has 1 aromatic carbocycles. The van der Waals surface area contributed by atoms with E-state index in [1.807, 2.05) is 18.7 Å². The number of phosphoric ester groups is 1. The van der Waals surface area contributed by atoms with Crippen LogP contribution in [0.3, 0.4) is 0 Å². The Morgan fingerprint density at radius 1 is 1.20 bits per heavy atom. The van der Waals surface area contributed by atoms with Crippen molar-refractivity contribution in [3.8, 4) is 11.1 Å². The number of rotatable bonds is 7. The van der Waals surface area contributed by atoms with Crippen molar-refractivity contribution in [1.29, 1.82) is 0 Å². The molecule has 0 spiro atoms. The molecule has 184 valence electrons. The Bertz CT molecular complexity index is 1420. The molecule has 0 fully saturated rings. The second-order valence-corrected chi connectivity index (χ2v) is 10.2. The Kier molecular flexibility index (Phi) is 6.42. The molecule has 3 N–H and O–H groups in total. The maximum atomic E-state index is 12.8. The van der Waals surface area contributed by atoms with Crippen LogP contribution in [0.4, 0.5) is 5.69 Å². The average Bonchev–Trinajstić information content (AvgIpc) is 2.75. The number of hydrogen-bond acceptors (Lipinski definition) is 7. The van der Waals surface area contributed by atoms with Crippen molar-refractivity contribution in [2.45, 2.75) is 38.8 Å². The van der Waals surface area contributed by atoms with Crippen LogP contribution in [0.15, 0.2) is 58.0 Å². The van der Waals surface area contributed by atoms with Gasteiger partial charge < -0.3 is 24.2 Å². The van der Waals surface area contributed by atoms with Gasteiger partial charge in [-0.3, -0.25) is 14.3 Å². The maximum absolute atomic E-state index is 12.8. The second-order valence-electron chi connectivity index (χ2n) is 8.99. The largest absolute Gasteiger partial charge is 0.481 e. The zero-order valence-corrected chi connectivity index (χ0v) is 20.2. The van der Waals surface area contributed by atoms with Crippen LogP contribution in [0.25, 0.3) is 27.7 Å². The minimum atomic E-state index is -4.74. The number of hydrogen-bond donors (Lipinski definition) is 3. The number of aliphatic carboxylic acids is 1. The third-order valence-electron chi connectivity index (χ3n) is 5.89. The Balaban J connectivity index is 1.93. The molecule has 1 unspecified atom stereocenters. The fraction of sp³-hybridized carbons (Fsp3) is 0.292. The van der Waals surface area contributed by atoms with E-state index in [4.69, 9.17) is 8.94 Å². The Labute approximate surface area is 200 Å². The molecule has 11 heteroatoms. The summed E-state index contributed by atoms with van der Waals surface area (Å²) < 4.78 is 21.9. The summed E-state index contributed by atoms with van der Waals surface area (Å²) >= 11 is 0. The van der Waals surface area contributed by atoms with Gasteiger partial charge >= 0.3 is 19.4 Å². The number of benzene rings is 1. The molecule has 10 nitrogen and oxygen atoms in total. The number of anilines is 1. The van der Waals surface area contributed by atoms with Crippen molar-refractivity contribution in [2.24, 2.45) is 0 Å². The van der Waals surface area contributed by atoms with Gasteiger partial charge in [-0.25, -0.2) is 9.36 Å². The first kappa shape index (κ1) is 24.8. The number of nitrogens with zero attached hydrogens (tertiary/aromatic N) is 2. The number of carbonyl (C=O) groups is 1. The number of aromatic nitrogens is 1. The molecule has 1 aliphatic heterocycles. The summed E-state index contributed by atoms with van der Waals surface area (Å²) in [6.45, 7) is 5.14. The average molecular weight is 500 g/mol. The van der Waals surface area contributed by atoms with E-state index >= 15 is 0 Å². The van der Waals surface area contributed by atoms with E-state index < -0.39 is 31.0 Å². The highest BCUT2D eigenvalue weighted by atomic mass is 31.2. The van der Waals surface area contributed by atoms with Crippen LogP contribution in [-0.2, 0) is 13.9 Å². The van der Waals surface area contributed by atoms with Crippen molar-refractivity contribution < 1.29 is 33.2 Å². The lowest BCUT2D eigenvalue weighted by atomic mass is 9.86. The predicted octanol–water partition coefficient (Wildman–Crippen LogP) is 3.81. The summed E-state index contributed by atoms with van der Waals surface area (Å²) in [6.07, 6.45) is 4.79. The minimum absolute atomic E-state index is 0.145. The lowest BCUT2D eigenvalue weighted by molar-refractivity contribution is -0.137. The Morgan fingerprint density at radius 2 is 1.86 bits per heavy atom. The van der Waals surface area contributed by atoms with E-state index in [0.29, 0.717) is 38.9 Å². The lowest BCUT2D eigenvalue weighted by Crippen LogP contribution is -2.51. The third-order valence-corrected chi connectivity index (χ3v) is 6.36. The van der Waals surface area contributed by atoms with Gasteiger partial charge in [0.1, 0.15) is 5.58 Å². The van der Waals surface area contributed by atoms with Crippen molar-refractivity contribution in [1.82, 2.24) is 4.98 Å². The molecule has 0 saturated carbocycles. The molecule has 1 aliphatic rings. The molecule has 0 amide bonds. The molecule has 2 aromatic heterocycles. The van der Waals surface area contributed by atoms with Gasteiger partial charge in [-0.05, 0) is 56.2 Å². The monoisotopic (exact) mass is 500 g/mol. The molecular formula is C24H25N2O8P. The van der Waals surface area contributed by atoms with Crippen LogP contribution in [0.5, 0.6) is 0 Å². The third kappa shape index (κ3) is 5.21. The smallest absolute Gasteiger partial charge is 0.469 e. The molecule has 0 saturated heterocycles. The summed E-state index contributed by atoms with van der Waals surface area (Å²) in [6, 6.07) is 8.03. The number of carboxylic acid groups (broad SMARTS) is 1. The first-order valence-corrected chi connectivity index (χ1v) is 12.3. The first-order chi connectivity index (χ1) is 16.4. The first-order valence-electron chi connectivity index (χ1n) is 10.8. The van der Waals surface area contributed by atoms with E-state index in [1.165, 1.54) is 0 Å². The zero-order chi connectivity index (χ0) is 25.5. The van der Waals surface area contributed by atoms with Gasteiger partial charge in [0.15, 0.2) is 0 Å². The quantitative estimate of drug-likeness (QED) is 0.323. The van der Waals surface area contributed by atoms with Crippen LogP contribution in [0.1, 0.15) is 32.8 Å². The molecule has 0 bridgehead atoms. The van der Waals surface area contributed by atoms with Crippen LogP contribution < -0.4 is 10.5 Å². The lowest BCUT2D eigenvalue weighted by Gasteiger charge is -2.47.